The number of rotatable bonds is 3. The lowest BCUT2D eigenvalue weighted by molar-refractivity contribution is -0.137. The lowest BCUT2D eigenvalue weighted by atomic mass is 9.96. The number of likely N-dealkylation sites (tertiary alicyclic amines) is 1. The van der Waals surface area contributed by atoms with Gasteiger partial charge in [0.25, 0.3) is 0 Å². The summed E-state index contributed by atoms with van der Waals surface area (Å²) in [6.07, 6.45) is 4.58. The molecule has 0 bridgehead atoms. The van der Waals surface area contributed by atoms with Gasteiger partial charge in [0.05, 0.1) is 6.04 Å². The highest BCUT2D eigenvalue weighted by Crippen LogP contribution is 2.20. The molecule has 1 saturated heterocycles. The van der Waals surface area contributed by atoms with Gasteiger partial charge < -0.3 is 10.6 Å². The van der Waals surface area contributed by atoms with Crippen LogP contribution in [0.5, 0.6) is 0 Å². The molecule has 4 heteroatoms. The van der Waals surface area contributed by atoms with Crippen molar-refractivity contribution in [3.63, 3.8) is 0 Å². The molecule has 0 aromatic carbocycles. The summed E-state index contributed by atoms with van der Waals surface area (Å²) in [4.78, 5) is 14.1. The van der Waals surface area contributed by atoms with E-state index in [4.69, 9.17) is 5.73 Å². The minimum Gasteiger partial charge on any atom is -0.338 e. The topological polar surface area (TPSA) is 46.3 Å². The minimum atomic E-state index is -0.322. The van der Waals surface area contributed by atoms with Gasteiger partial charge in [0, 0.05) is 12.6 Å². The molecule has 1 aliphatic rings. The lowest BCUT2D eigenvalue weighted by Crippen LogP contribution is -2.52. The van der Waals surface area contributed by atoms with E-state index in [1.165, 1.54) is 6.42 Å². The second kappa shape index (κ2) is 7.13. The van der Waals surface area contributed by atoms with Crippen LogP contribution in [0.3, 0.4) is 0 Å². The quantitative estimate of drug-likeness (QED) is 0.832. The van der Waals surface area contributed by atoms with E-state index in [1.807, 2.05) is 18.7 Å². The third-order valence-corrected chi connectivity index (χ3v) is 3.38. The van der Waals surface area contributed by atoms with E-state index in [-0.39, 0.29) is 30.3 Å². The minimum absolute atomic E-state index is 0. The molecule has 0 saturated carbocycles. The number of hydrogen-bond donors (Lipinski definition) is 1. The van der Waals surface area contributed by atoms with Gasteiger partial charge in [-0.05, 0) is 31.6 Å². The summed E-state index contributed by atoms with van der Waals surface area (Å²) in [5, 5.41) is 0. The van der Waals surface area contributed by atoms with Crippen molar-refractivity contribution in [1.29, 1.82) is 0 Å². The van der Waals surface area contributed by atoms with Crippen molar-refractivity contribution in [2.45, 2.75) is 58.5 Å². The predicted octanol–water partition coefficient (Wildman–Crippen LogP) is 2.18. The van der Waals surface area contributed by atoms with Crippen molar-refractivity contribution in [2.75, 3.05) is 6.54 Å². The van der Waals surface area contributed by atoms with Crippen LogP contribution in [-0.2, 0) is 4.79 Å². The molecule has 16 heavy (non-hydrogen) atoms. The van der Waals surface area contributed by atoms with E-state index in [0.717, 1.165) is 25.8 Å². The highest BCUT2D eigenvalue weighted by molar-refractivity contribution is 5.85. The Kier molecular flexibility index (Phi) is 7.00. The molecule has 96 valence electrons. The number of hydrogen-bond acceptors (Lipinski definition) is 2. The summed E-state index contributed by atoms with van der Waals surface area (Å²) >= 11 is 0. The molecule has 0 radical (unpaired) electrons. The summed E-state index contributed by atoms with van der Waals surface area (Å²) in [6, 6.07) is 0.105. The molecule has 3 nitrogen and oxygen atoms in total. The Morgan fingerprint density at radius 3 is 2.56 bits per heavy atom. The molecule has 1 amide bonds. The van der Waals surface area contributed by atoms with E-state index in [9.17, 15) is 4.79 Å². The first-order chi connectivity index (χ1) is 7.07. The number of amides is 1. The fourth-order valence-corrected chi connectivity index (χ4v) is 2.19. The molecular weight excluding hydrogens is 224 g/mol. The molecule has 0 aromatic heterocycles. The summed E-state index contributed by atoms with van der Waals surface area (Å²) in [5.74, 6) is 0.383. The highest BCUT2D eigenvalue weighted by atomic mass is 35.5. The van der Waals surface area contributed by atoms with Gasteiger partial charge in [-0.25, -0.2) is 0 Å². The Morgan fingerprint density at radius 1 is 1.44 bits per heavy atom. The first-order valence-corrected chi connectivity index (χ1v) is 6.14. The molecule has 1 fully saturated rings. The Bertz CT molecular complexity index is 221. The average Bonchev–Trinajstić information content (AvgIpc) is 2.26. The SMILES string of the molecule is CCC1CCCCN1C(=O)C(N)C(C)C.Cl. The molecular formula is C12H25ClN2O. The van der Waals surface area contributed by atoms with Crippen LogP contribution >= 0.6 is 12.4 Å². The van der Waals surface area contributed by atoms with E-state index in [2.05, 4.69) is 6.92 Å². The van der Waals surface area contributed by atoms with Gasteiger partial charge in [-0.1, -0.05) is 20.8 Å². The zero-order chi connectivity index (χ0) is 11.4. The van der Waals surface area contributed by atoms with Crippen LogP contribution in [0.4, 0.5) is 0 Å². The molecule has 0 aromatic rings. The van der Waals surface area contributed by atoms with Crippen molar-refractivity contribution >= 4 is 18.3 Å². The number of piperidine rings is 1. The van der Waals surface area contributed by atoms with E-state index >= 15 is 0 Å². The third-order valence-electron chi connectivity index (χ3n) is 3.38. The molecule has 2 atom stereocenters. The monoisotopic (exact) mass is 248 g/mol. The number of nitrogens with two attached hydrogens (primary N) is 1. The number of halogens is 1. The van der Waals surface area contributed by atoms with Gasteiger partial charge in [0.1, 0.15) is 0 Å². The lowest BCUT2D eigenvalue weighted by Gasteiger charge is -2.37. The van der Waals surface area contributed by atoms with Crippen LogP contribution in [0.25, 0.3) is 0 Å². The Morgan fingerprint density at radius 2 is 2.06 bits per heavy atom. The summed E-state index contributed by atoms with van der Waals surface area (Å²) < 4.78 is 0. The van der Waals surface area contributed by atoms with Crippen LogP contribution in [0.1, 0.15) is 46.5 Å². The Hall–Kier alpha value is -0.280. The highest BCUT2D eigenvalue weighted by Gasteiger charge is 2.29. The van der Waals surface area contributed by atoms with Crippen LogP contribution in [0.15, 0.2) is 0 Å². The molecule has 2 N–H and O–H groups in total. The van der Waals surface area contributed by atoms with Gasteiger partial charge in [0.15, 0.2) is 0 Å². The average molecular weight is 249 g/mol. The Balaban J connectivity index is 0.00000225. The molecule has 1 rings (SSSR count). The van der Waals surface area contributed by atoms with Crippen molar-refractivity contribution in [3.8, 4) is 0 Å². The molecule has 2 unspecified atom stereocenters. The van der Waals surface area contributed by atoms with Crippen LogP contribution in [-0.4, -0.2) is 29.4 Å². The maximum Gasteiger partial charge on any atom is 0.239 e. The summed E-state index contributed by atoms with van der Waals surface area (Å²) in [7, 11) is 0. The van der Waals surface area contributed by atoms with Crippen LogP contribution < -0.4 is 5.73 Å². The van der Waals surface area contributed by atoms with E-state index < -0.39 is 0 Å². The summed E-state index contributed by atoms with van der Waals surface area (Å²) in [5.41, 5.74) is 5.92. The molecule has 0 aliphatic carbocycles. The Labute approximate surface area is 105 Å². The number of carbonyl (C=O) groups excluding carboxylic acids is 1. The molecule has 0 spiro atoms. The van der Waals surface area contributed by atoms with Crippen molar-refractivity contribution in [2.24, 2.45) is 11.7 Å². The second-order valence-corrected chi connectivity index (χ2v) is 4.86. The van der Waals surface area contributed by atoms with Gasteiger partial charge >= 0.3 is 0 Å². The molecule has 1 aliphatic heterocycles. The zero-order valence-corrected chi connectivity index (χ0v) is 11.4. The van der Waals surface area contributed by atoms with Crippen molar-refractivity contribution in [1.82, 2.24) is 4.90 Å². The van der Waals surface area contributed by atoms with E-state index in [1.54, 1.807) is 0 Å². The predicted molar refractivity (Wildman–Crippen MR) is 69.7 cm³/mol. The smallest absolute Gasteiger partial charge is 0.239 e. The van der Waals surface area contributed by atoms with Crippen LogP contribution in [0, 0.1) is 5.92 Å². The molecule has 1 heterocycles. The normalized spacial score (nSPS) is 22.8. The van der Waals surface area contributed by atoms with Crippen molar-refractivity contribution < 1.29 is 4.79 Å². The van der Waals surface area contributed by atoms with Gasteiger partial charge in [-0.2, -0.15) is 0 Å². The third kappa shape index (κ3) is 3.63. The fourth-order valence-electron chi connectivity index (χ4n) is 2.19. The largest absolute Gasteiger partial charge is 0.338 e. The van der Waals surface area contributed by atoms with E-state index in [0.29, 0.717) is 6.04 Å². The maximum atomic E-state index is 12.1. The fraction of sp³-hybridized carbons (Fsp3) is 0.917. The second-order valence-electron chi connectivity index (χ2n) is 4.86. The number of carbonyl (C=O) groups is 1. The zero-order valence-electron chi connectivity index (χ0n) is 10.6. The van der Waals surface area contributed by atoms with Gasteiger partial charge in [0.2, 0.25) is 5.91 Å². The number of nitrogens with zero attached hydrogens (tertiary/aromatic N) is 1. The van der Waals surface area contributed by atoms with Crippen molar-refractivity contribution in [3.05, 3.63) is 0 Å². The van der Waals surface area contributed by atoms with Crippen LogP contribution in [0.2, 0.25) is 0 Å². The summed E-state index contributed by atoms with van der Waals surface area (Å²) in [6.45, 7) is 7.07. The maximum absolute atomic E-state index is 12.1. The standard InChI is InChI=1S/C12H24N2O.ClH/c1-4-10-7-5-6-8-14(10)12(15)11(13)9(2)3;/h9-11H,4-8,13H2,1-3H3;1H. The first-order valence-electron chi connectivity index (χ1n) is 6.14. The van der Waals surface area contributed by atoms with Gasteiger partial charge in [-0.3, -0.25) is 4.79 Å². The van der Waals surface area contributed by atoms with Gasteiger partial charge in [-0.15, -0.1) is 12.4 Å². The first kappa shape index (κ1) is 15.7.